The lowest BCUT2D eigenvalue weighted by Gasteiger charge is -2.53. The number of aliphatic hydroxyl groups is 1. The summed E-state index contributed by atoms with van der Waals surface area (Å²) in [5, 5.41) is 10.0. The number of piperidine rings is 2. The van der Waals surface area contributed by atoms with Gasteiger partial charge in [-0.2, -0.15) is 0 Å². The van der Waals surface area contributed by atoms with E-state index in [9.17, 15) is 5.11 Å². The molecule has 2 aliphatic heterocycles. The molecule has 4 unspecified atom stereocenters. The number of rotatable bonds is 0. The highest BCUT2D eigenvalue weighted by molar-refractivity contribution is 4.98. The molecule has 3 rings (SSSR count). The Morgan fingerprint density at radius 2 is 1.71 bits per heavy atom. The molecule has 0 radical (unpaired) electrons. The van der Waals surface area contributed by atoms with E-state index in [0.29, 0.717) is 5.92 Å². The monoisotopic (exact) mass is 195 g/mol. The van der Waals surface area contributed by atoms with Crippen molar-refractivity contribution in [2.75, 3.05) is 13.1 Å². The topological polar surface area (TPSA) is 23.5 Å². The van der Waals surface area contributed by atoms with E-state index in [1.807, 2.05) is 0 Å². The molecule has 0 aromatic rings. The van der Waals surface area contributed by atoms with Gasteiger partial charge in [-0.1, -0.05) is 0 Å². The Balaban J connectivity index is 1.84. The molecule has 0 spiro atoms. The van der Waals surface area contributed by atoms with E-state index in [2.05, 4.69) is 4.90 Å². The van der Waals surface area contributed by atoms with Crippen LogP contribution in [0.15, 0.2) is 0 Å². The van der Waals surface area contributed by atoms with Crippen molar-refractivity contribution in [3.8, 4) is 0 Å². The summed E-state index contributed by atoms with van der Waals surface area (Å²) >= 11 is 0. The van der Waals surface area contributed by atoms with Gasteiger partial charge in [0.2, 0.25) is 0 Å². The van der Waals surface area contributed by atoms with Crippen molar-refractivity contribution in [3.63, 3.8) is 0 Å². The first-order valence-electron chi connectivity index (χ1n) is 6.28. The van der Waals surface area contributed by atoms with E-state index in [1.165, 1.54) is 45.2 Å². The maximum Gasteiger partial charge on any atom is 0.0583 e. The van der Waals surface area contributed by atoms with Crippen LogP contribution in [0.5, 0.6) is 0 Å². The molecule has 0 aromatic heterocycles. The van der Waals surface area contributed by atoms with Gasteiger partial charge in [-0.3, -0.25) is 4.90 Å². The zero-order valence-corrected chi connectivity index (χ0v) is 8.86. The first-order chi connectivity index (χ1) is 6.86. The van der Waals surface area contributed by atoms with Gasteiger partial charge in [-0.15, -0.1) is 0 Å². The molecular weight excluding hydrogens is 174 g/mol. The Morgan fingerprint density at radius 3 is 2.57 bits per heavy atom. The van der Waals surface area contributed by atoms with E-state index >= 15 is 0 Å². The van der Waals surface area contributed by atoms with E-state index < -0.39 is 0 Å². The summed E-state index contributed by atoms with van der Waals surface area (Å²) in [7, 11) is 0. The summed E-state index contributed by atoms with van der Waals surface area (Å²) in [6.45, 7) is 2.59. The number of hydrogen-bond donors (Lipinski definition) is 1. The first-order valence-corrected chi connectivity index (χ1v) is 6.28. The molecule has 4 atom stereocenters. The van der Waals surface area contributed by atoms with Crippen LogP contribution >= 0.6 is 0 Å². The zero-order valence-electron chi connectivity index (χ0n) is 8.86. The molecule has 80 valence electrons. The molecule has 1 aliphatic carbocycles. The lowest BCUT2D eigenvalue weighted by molar-refractivity contribution is -0.0738. The lowest BCUT2D eigenvalue weighted by atomic mass is 9.67. The van der Waals surface area contributed by atoms with Gasteiger partial charge in [-0.05, 0) is 57.5 Å². The minimum atomic E-state index is 0.0112. The molecule has 3 aliphatic rings. The van der Waals surface area contributed by atoms with Crippen LogP contribution in [0.2, 0.25) is 0 Å². The molecule has 0 amide bonds. The van der Waals surface area contributed by atoms with Crippen LogP contribution in [-0.4, -0.2) is 35.2 Å². The second-order valence-electron chi connectivity index (χ2n) is 5.38. The third kappa shape index (κ3) is 1.31. The quantitative estimate of drug-likeness (QED) is 0.635. The van der Waals surface area contributed by atoms with E-state index in [1.54, 1.807) is 0 Å². The summed E-state index contributed by atoms with van der Waals surface area (Å²) in [5.74, 6) is 1.53. The predicted octanol–water partition coefficient (Wildman–Crippen LogP) is 1.63. The molecule has 3 fully saturated rings. The minimum absolute atomic E-state index is 0.0112. The van der Waals surface area contributed by atoms with Crippen LogP contribution in [0.25, 0.3) is 0 Å². The van der Waals surface area contributed by atoms with Gasteiger partial charge in [0.25, 0.3) is 0 Å². The highest BCUT2D eigenvalue weighted by Gasteiger charge is 2.44. The van der Waals surface area contributed by atoms with Crippen molar-refractivity contribution in [1.82, 2.24) is 4.90 Å². The van der Waals surface area contributed by atoms with Crippen molar-refractivity contribution in [1.29, 1.82) is 0 Å². The molecule has 1 N–H and O–H groups in total. The van der Waals surface area contributed by atoms with Gasteiger partial charge in [0.05, 0.1) is 6.10 Å². The summed E-state index contributed by atoms with van der Waals surface area (Å²) in [4.78, 5) is 2.67. The van der Waals surface area contributed by atoms with Crippen molar-refractivity contribution in [3.05, 3.63) is 0 Å². The molecule has 2 saturated heterocycles. The summed E-state index contributed by atoms with van der Waals surface area (Å²) < 4.78 is 0. The van der Waals surface area contributed by atoms with Crippen molar-refractivity contribution in [2.24, 2.45) is 11.8 Å². The maximum absolute atomic E-state index is 10.0. The largest absolute Gasteiger partial charge is 0.393 e. The average Bonchev–Trinajstić information content (AvgIpc) is 2.24. The van der Waals surface area contributed by atoms with Gasteiger partial charge in [0.1, 0.15) is 0 Å². The fraction of sp³-hybridized carbons (Fsp3) is 1.00. The summed E-state index contributed by atoms with van der Waals surface area (Å²) in [6, 6.07) is 0.751. The number of hydrogen-bond acceptors (Lipinski definition) is 2. The smallest absolute Gasteiger partial charge is 0.0583 e. The Hall–Kier alpha value is -0.0800. The molecular formula is C12H21NO. The Labute approximate surface area is 86.3 Å². The van der Waals surface area contributed by atoms with Crippen LogP contribution in [0.1, 0.15) is 38.5 Å². The fourth-order valence-corrected chi connectivity index (χ4v) is 4.09. The maximum atomic E-state index is 10.0. The van der Waals surface area contributed by atoms with Crippen molar-refractivity contribution in [2.45, 2.75) is 50.7 Å². The van der Waals surface area contributed by atoms with Crippen molar-refractivity contribution >= 4 is 0 Å². The van der Waals surface area contributed by atoms with Gasteiger partial charge < -0.3 is 5.11 Å². The zero-order chi connectivity index (χ0) is 9.54. The second kappa shape index (κ2) is 3.49. The normalized spacial score (nSPS) is 48.6. The minimum Gasteiger partial charge on any atom is -0.393 e. The molecule has 2 heterocycles. The van der Waals surface area contributed by atoms with Crippen LogP contribution in [0, 0.1) is 11.8 Å². The van der Waals surface area contributed by atoms with Crippen LogP contribution < -0.4 is 0 Å². The SMILES string of the molecule is OC1CCC2CCCN3CCCC1C23. The number of aliphatic hydroxyl groups excluding tert-OH is 1. The molecule has 1 saturated carbocycles. The van der Waals surface area contributed by atoms with Gasteiger partial charge in [0, 0.05) is 12.0 Å². The van der Waals surface area contributed by atoms with Crippen LogP contribution in [-0.2, 0) is 0 Å². The third-order valence-electron chi connectivity index (χ3n) is 4.67. The third-order valence-corrected chi connectivity index (χ3v) is 4.67. The highest BCUT2D eigenvalue weighted by atomic mass is 16.3. The molecule has 0 bridgehead atoms. The second-order valence-corrected chi connectivity index (χ2v) is 5.38. The van der Waals surface area contributed by atoms with Gasteiger partial charge in [-0.25, -0.2) is 0 Å². The van der Waals surface area contributed by atoms with Crippen molar-refractivity contribution < 1.29 is 5.11 Å². The Morgan fingerprint density at radius 1 is 0.929 bits per heavy atom. The van der Waals surface area contributed by atoms with E-state index in [4.69, 9.17) is 0 Å². The number of nitrogens with zero attached hydrogens (tertiary/aromatic N) is 1. The fourth-order valence-electron chi connectivity index (χ4n) is 4.09. The van der Waals surface area contributed by atoms with E-state index in [0.717, 1.165) is 18.4 Å². The molecule has 14 heavy (non-hydrogen) atoms. The molecule has 0 aromatic carbocycles. The standard InChI is InChI=1S/C12H21NO/c14-11-6-5-9-3-1-7-13-8-2-4-10(11)12(9)13/h9-12,14H,1-8H2. The lowest BCUT2D eigenvalue weighted by Crippen LogP contribution is -2.57. The Kier molecular flexibility index (Phi) is 2.29. The van der Waals surface area contributed by atoms with E-state index in [-0.39, 0.29) is 6.10 Å². The van der Waals surface area contributed by atoms with Gasteiger partial charge >= 0.3 is 0 Å². The summed E-state index contributed by atoms with van der Waals surface area (Å²) in [5.41, 5.74) is 0. The first kappa shape index (κ1) is 9.17. The van der Waals surface area contributed by atoms with Crippen LogP contribution in [0.3, 0.4) is 0 Å². The van der Waals surface area contributed by atoms with Gasteiger partial charge in [0.15, 0.2) is 0 Å². The highest BCUT2D eigenvalue weighted by Crippen LogP contribution is 2.43. The van der Waals surface area contributed by atoms with Crippen LogP contribution in [0.4, 0.5) is 0 Å². The Bertz CT molecular complexity index is 210. The summed E-state index contributed by atoms with van der Waals surface area (Å²) in [6.07, 6.45) is 7.76. The average molecular weight is 195 g/mol. The molecule has 2 heteroatoms. The molecule has 2 nitrogen and oxygen atoms in total. The predicted molar refractivity (Wildman–Crippen MR) is 56.0 cm³/mol.